The van der Waals surface area contributed by atoms with Gasteiger partial charge in [0.2, 0.25) is 5.88 Å². The summed E-state index contributed by atoms with van der Waals surface area (Å²) in [5, 5.41) is 1.00. The summed E-state index contributed by atoms with van der Waals surface area (Å²) < 4.78 is 11.5. The van der Waals surface area contributed by atoms with Crippen molar-refractivity contribution in [3.8, 4) is 11.6 Å². The summed E-state index contributed by atoms with van der Waals surface area (Å²) in [6.45, 7) is 0. The lowest BCUT2D eigenvalue weighted by Gasteiger charge is -2.08. The Hall–Kier alpha value is -1.04. The highest BCUT2D eigenvalue weighted by Gasteiger charge is 2.08. The van der Waals surface area contributed by atoms with Gasteiger partial charge in [0.1, 0.15) is 5.75 Å². The molecular formula is C11H10INO2. The topological polar surface area (TPSA) is 31.4 Å². The Labute approximate surface area is 102 Å². The number of ether oxygens (including phenoxy) is 2. The van der Waals surface area contributed by atoms with Crippen molar-refractivity contribution in [2.75, 3.05) is 14.2 Å². The third-order valence-corrected chi connectivity index (χ3v) is 3.03. The SMILES string of the molecule is COc1cc(OC)c2cccc(I)c2n1. The summed E-state index contributed by atoms with van der Waals surface area (Å²) in [6, 6.07) is 7.77. The molecule has 0 aliphatic heterocycles. The van der Waals surface area contributed by atoms with Crippen LogP contribution in [-0.2, 0) is 0 Å². The van der Waals surface area contributed by atoms with E-state index in [1.54, 1.807) is 20.3 Å². The van der Waals surface area contributed by atoms with Gasteiger partial charge < -0.3 is 9.47 Å². The molecule has 1 aromatic carbocycles. The monoisotopic (exact) mass is 315 g/mol. The molecule has 0 radical (unpaired) electrons. The maximum absolute atomic E-state index is 5.30. The summed E-state index contributed by atoms with van der Waals surface area (Å²) in [6.07, 6.45) is 0. The third-order valence-electron chi connectivity index (χ3n) is 2.16. The zero-order valence-corrected chi connectivity index (χ0v) is 10.6. The zero-order chi connectivity index (χ0) is 10.8. The molecule has 0 spiro atoms. The average molecular weight is 315 g/mol. The number of benzene rings is 1. The molecule has 1 aromatic heterocycles. The van der Waals surface area contributed by atoms with E-state index in [1.165, 1.54) is 0 Å². The van der Waals surface area contributed by atoms with Crippen LogP contribution in [0.15, 0.2) is 24.3 Å². The first-order valence-corrected chi connectivity index (χ1v) is 5.51. The molecule has 15 heavy (non-hydrogen) atoms. The Morgan fingerprint density at radius 1 is 1.20 bits per heavy atom. The zero-order valence-electron chi connectivity index (χ0n) is 8.45. The Morgan fingerprint density at radius 2 is 2.00 bits per heavy atom. The third kappa shape index (κ3) is 1.86. The van der Waals surface area contributed by atoms with E-state index in [4.69, 9.17) is 9.47 Å². The molecule has 0 saturated heterocycles. The molecule has 0 bridgehead atoms. The lowest BCUT2D eigenvalue weighted by atomic mass is 10.2. The van der Waals surface area contributed by atoms with Gasteiger partial charge in [-0.1, -0.05) is 6.07 Å². The van der Waals surface area contributed by atoms with Crippen LogP contribution < -0.4 is 9.47 Å². The molecular weight excluding hydrogens is 305 g/mol. The second-order valence-electron chi connectivity index (χ2n) is 3.00. The summed E-state index contributed by atoms with van der Waals surface area (Å²) in [5.74, 6) is 1.36. The number of hydrogen-bond donors (Lipinski definition) is 0. The van der Waals surface area contributed by atoms with Crippen LogP contribution in [0.25, 0.3) is 10.9 Å². The molecule has 0 N–H and O–H groups in total. The van der Waals surface area contributed by atoms with Gasteiger partial charge in [-0.05, 0) is 34.7 Å². The Balaban J connectivity index is 2.80. The molecule has 0 unspecified atom stereocenters. The fourth-order valence-electron chi connectivity index (χ4n) is 1.43. The van der Waals surface area contributed by atoms with Crippen molar-refractivity contribution in [1.82, 2.24) is 4.98 Å². The molecule has 0 aliphatic carbocycles. The first-order chi connectivity index (χ1) is 7.26. The maximum Gasteiger partial charge on any atom is 0.217 e. The minimum Gasteiger partial charge on any atom is -0.496 e. The largest absolute Gasteiger partial charge is 0.496 e. The quantitative estimate of drug-likeness (QED) is 0.799. The van der Waals surface area contributed by atoms with Gasteiger partial charge in [0.05, 0.1) is 19.7 Å². The van der Waals surface area contributed by atoms with Crippen LogP contribution in [0.2, 0.25) is 0 Å². The number of aromatic nitrogens is 1. The van der Waals surface area contributed by atoms with Gasteiger partial charge in [0.25, 0.3) is 0 Å². The standard InChI is InChI=1S/C11H10INO2/c1-14-9-6-10(15-2)13-11-7(9)4-3-5-8(11)12/h3-6H,1-2H3. The lowest BCUT2D eigenvalue weighted by molar-refractivity contribution is 0.386. The van der Waals surface area contributed by atoms with E-state index < -0.39 is 0 Å². The van der Waals surface area contributed by atoms with Gasteiger partial charge in [-0.3, -0.25) is 0 Å². The van der Waals surface area contributed by atoms with Crippen molar-refractivity contribution in [2.24, 2.45) is 0 Å². The van der Waals surface area contributed by atoms with E-state index in [2.05, 4.69) is 27.6 Å². The van der Waals surface area contributed by atoms with Crippen LogP contribution >= 0.6 is 22.6 Å². The van der Waals surface area contributed by atoms with Gasteiger partial charge in [-0.25, -0.2) is 4.98 Å². The highest BCUT2D eigenvalue weighted by atomic mass is 127. The van der Waals surface area contributed by atoms with Crippen molar-refractivity contribution in [1.29, 1.82) is 0 Å². The molecule has 2 rings (SSSR count). The van der Waals surface area contributed by atoms with Gasteiger partial charge in [0, 0.05) is 15.0 Å². The predicted octanol–water partition coefficient (Wildman–Crippen LogP) is 2.86. The highest BCUT2D eigenvalue weighted by Crippen LogP contribution is 2.30. The molecule has 4 heteroatoms. The molecule has 0 amide bonds. The van der Waals surface area contributed by atoms with Gasteiger partial charge in [-0.15, -0.1) is 0 Å². The fourth-order valence-corrected chi connectivity index (χ4v) is 2.05. The van der Waals surface area contributed by atoms with E-state index in [1.807, 2.05) is 18.2 Å². The summed E-state index contributed by atoms with van der Waals surface area (Å²) in [5.41, 5.74) is 0.911. The summed E-state index contributed by atoms with van der Waals surface area (Å²) in [4.78, 5) is 4.39. The Bertz CT molecular complexity index is 499. The molecule has 0 aliphatic rings. The first kappa shape index (κ1) is 10.5. The van der Waals surface area contributed by atoms with Crippen LogP contribution in [0.3, 0.4) is 0 Å². The smallest absolute Gasteiger partial charge is 0.217 e. The van der Waals surface area contributed by atoms with Gasteiger partial charge in [0.15, 0.2) is 0 Å². The number of pyridine rings is 1. The summed E-state index contributed by atoms with van der Waals surface area (Å²) in [7, 11) is 3.25. The minimum absolute atomic E-state index is 0.573. The number of halogens is 1. The van der Waals surface area contributed by atoms with Gasteiger partial charge >= 0.3 is 0 Å². The Kier molecular flexibility index (Phi) is 2.95. The number of nitrogens with zero attached hydrogens (tertiary/aromatic N) is 1. The Morgan fingerprint density at radius 3 is 2.67 bits per heavy atom. The van der Waals surface area contributed by atoms with Crippen molar-refractivity contribution in [2.45, 2.75) is 0 Å². The molecule has 3 nitrogen and oxygen atoms in total. The van der Waals surface area contributed by atoms with Crippen molar-refractivity contribution in [3.05, 3.63) is 27.8 Å². The first-order valence-electron chi connectivity index (χ1n) is 4.43. The molecule has 78 valence electrons. The predicted molar refractivity (Wildman–Crippen MR) is 67.6 cm³/mol. The van der Waals surface area contributed by atoms with E-state index in [-0.39, 0.29) is 0 Å². The fraction of sp³-hybridized carbons (Fsp3) is 0.182. The molecule has 0 fully saturated rings. The van der Waals surface area contributed by atoms with Crippen molar-refractivity contribution in [3.63, 3.8) is 0 Å². The van der Waals surface area contributed by atoms with Crippen LogP contribution in [0.5, 0.6) is 11.6 Å². The number of rotatable bonds is 2. The average Bonchev–Trinajstić information content (AvgIpc) is 2.28. The summed E-state index contributed by atoms with van der Waals surface area (Å²) >= 11 is 2.25. The number of hydrogen-bond acceptors (Lipinski definition) is 3. The second kappa shape index (κ2) is 4.22. The van der Waals surface area contributed by atoms with Crippen LogP contribution in [-0.4, -0.2) is 19.2 Å². The number of methoxy groups -OCH3 is 2. The van der Waals surface area contributed by atoms with Crippen molar-refractivity contribution >= 4 is 33.5 Å². The van der Waals surface area contributed by atoms with Crippen molar-refractivity contribution < 1.29 is 9.47 Å². The van der Waals surface area contributed by atoms with Crippen LogP contribution in [0.1, 0.15) is 0 Å². The maximum atomic E-state index is 5.30. The highest BCUT2D eigenvalue weighted by molar-refractivity contribution is 14.1. The van der Waals surface area contributed by atoms with E-state index in [9.17, 15) is 0 Å². The molecule has 2 aromatic rings. The van der Waals surface area contributed by atoms with E-state index in [0.717, 1.165) is 20.2 Å². The number of fused-ring (bicyclic) bond motifs is 1. The van der Waals surface area contributed by atoms with E-state index >= 15 is 0 Å². The van der Waals surface area contributed by atoms with Crippen LogP contribution in [0, 0.1) is 3.57 Å². The number of para-hydroxylation sites is 1. The van der Waals surface area contributed by atoms with Gasteiger partial charge in [-0.2, -0.15) is 0 Å². The molecule has 0 atom stereocenters. The molecule has 1 heterocycles. The second-order valence-corrected chi connectivity index (χ2v) is 4.17. The minimum atomic E-state index is 0.573. The lowest BCUT2D eigenvalue weighted by Crippen LogP contribution is -1.93. The normalized spacial score (nSPS) is 10.3. The van der Waals surface area contributed by atoms with E-state index in [0.29, 0.717) is 5.88 Å². The molecule has 0 saturated carbocycles. The van der Waals surface area contributed by atoms with Crippen LogP contribution in [0.4, 0.5) is 0 Å².